The van der Waals surface area contributed by atoms with Crippen LogP contribution < -0.4 is 0 Å². The number of hydrogen-bond acceptors (Lipinski definition) is 3. The SMILES string of the molecule is OC(c1ccc(C=Nc2ccc(Br)cc2)o1)C(Cl)(Cl)Cl. The Morgan fingerprint density at radius 1 is 1.15 bits per heavy atom. The number of aliphatic imine (C=N–C) groups is 1. The van der Waals surface area contributed by atoms with E-state index < -0.39 is 9.90 Å². The molecule has 1 unspecified atom stereocenters. The van der Waals surface area contributed by atoms with E-state index in [0.717, 1.165) is 10.2 Å². The minimum atomic E-state index is -1.84. The summed E-state index contributed by atoms with van der Waals surface area (Å²) < 4.78 is 4.49. The van der Waals surface area contributed by atoms with Gasteiger partial charge in [-0.3, -0.25) is 4.99 Å². The molecule has 1 heterocycles. The highest BCUT2D eigenvalue weighted by molar-refractivity contribution is 9.10. The van der Waals surface area contributed by atoms with Crippen molar-refractivity contribution in [2.75, 3.05) is 0 Å². The average molecular weight is 397 g/mol. The highest BCUT2D eigenvalue weighted by Crippen LogP contribution is 2.39. The Labute approximate surface area is 139 Å². The summed E-state index contributed by atoms with van der Waals surface area (Å²) in [6, 6.07) is 10.6. The highest BCUT2D eigenvalue weighted by Gasteiger charge is 2.34. The molecule has 0 aliphatic rings. The molecule has 0 radical (unpaired) electrons. The van der Waals surface area contributed by atoms with Gasteiger partial charge in [-0.2, -0.15) is 0 Å². The fraction of sp³-hybridized carbons (Fsp3) is 0.154. The topological polar surface area (TPSA) is 45.7 Å². The summed E-state index contributed by atoms with van der Waals surface area (Å²) in [4.78, 5) is 4.23. The van der Waals surface area contributed by atoms with Crippen molar-refractivity contribution in [3.8, 4) is 0 Å². The van der Waals surface area contributed by atoms with Crippen LogP contribution in [0.15, 0.2) is 50.3 Å². The Bertz CT molecular complexity index is 605. The van der Waals surface area contributed by atoms with Gasteiger partial charge in [0.1, 0.15) is 11.5 Å². The van der Waals surface area contributed by atoms with Crippen LogP contribution in [0, 0.1) is 0 Å². The van der Waals surface area contributed by atoms with E-state index in [4.69, 9.17) is 39.2 Å². The van der Waals surface area contributed by atoms with Crippen LogP contribution in [0.5, 0.6) is 0 Å². The number of furan rings is 1. The average Bonchev–Trinajstić information content (AvgIpc) is 2.85. The van der Waals surface area contributed by atoms with Gasteiger partial charge in [-0.25, -0.2) is 0 Å². The molecule has 0 aliphatic heterocycles. The first kappa shape index (κ1) is 15.9. The van der Waals surface area contributed by atoms with Crippen molar-refractivity contribution in [3.63, 3.8) is 0 Å². The maximum atomic E-state index is 9.75. The molecule has 7 heteroatoms. The third-order valence-corrected chi connectivity index (χ3v) is 3.54. The van der Waals surface area contributed by atoms with Crippen LogP contribution in [0.4, 0.5) is 5.69 Å². The predicted octanol–water partition coefficient (Wildman–Crippen LogP) is 5.20. The maximum absolute atomic E-state index is 9.75. The van der Waals surface area contributed by atoms with E-state index in [0.29, 0.717) is 5.76 Å². The summed E-state index contributed by atoms with van der Waals surface area (Å²) in [6.07, 6.45) is 0.194. The first-order chi connectivity index (χ1) is 9.36. The van der Waals surface area contributed by atoms with E-state index in [-0.39, 0.29) is 5.76 Å². The summed E-state index contributed by atoms with van der Waals surface area (Å²) in [5.41, 5.74) is 0.771. The number of hydrogen-bond donors (Lipinski definition) is 1. The van der Waals surface area contributed by atoms with Gasteiger partial charge in [0, 0.05) is 4.47 Å². The van der Waals surface area contributed by atoms with E-state index in [1.807, 2.05) is 24.3 Å². The summed E-state index contributed by atoms with van der Waals surface area (Å²) in [7, 11) is 0. The van der Waals surface area contributed by atoms with Crippen molar-refractivity contribution < 1.29 is 9.52 Å². The van der Waals surface area contributed by atoms with E-state index in [9.17, 15) is 5.11 Å². The second-order valence-corrected chi connectivity index (χ2v) is 7.20. The number of halogens is 4. The zero-order chi connectivity index (χ0) is 14.8. The molecule has 0 amide bonds. The first-order valence-electron chi connectivity index (χ1n) is 5.50. The second-order valence-electron chi connectivity index (χ2n) is 3.92. The van der Waals surface area contributed by atoms with Gasteiger partial charge in [0.05, 0.1) is 11.9 Å². The second kappa shape index (κ2) is 6.50. The Morgan fingerprint density at radius 3 is 2.40 bits per heavy atom. The lowest BCUT2D eigenvalue weighted by Gasteiger charge is -2.15. The third-order valence-electron chi connectivity index (χ3n) is 2.39. The molecule has 0 aliphatic carbocycles. The molecule has 1 N–H and O–H groups in total. The summed E-state index contributed by atoms with van der Waals surface area (Å²) in [5.74, 6) is 0.624. The molecule has 2 rings (SSSR count). The Kier molecular flexibility index (Phi) is 5.15. The lowest BCUT2D eigenvalue weighted by molar-refractivity contribution is 0.153. The predicted molar refractivity (Wildman–Crippen MR) is 85.4 cm³/mol. The van der Waals surface area contributed by atoms with Crippen LogP contribution in [0.3, 0.4) is 0 Å². The standard InChI is InChI=1S/C13H9BrCl3NO2/c14-8-1-3-9(4-2-8)18-7-10-5-6-11(20-10)12(19)13(15,16)17/h1-7,12,19H. The van der Waals surface area contributed by atoms with Crippen LogP contribution in [0.1, 0.15) is 17.6 Å². The van der Waals surface area contributed by atoms with Gasteiger partial charge in [0.25, 0.3) is 0 Å². The van der Waals surface area contributed by atoms with Gasteiger partial charge in [-0.15, -0.1) is 0 Å². The van der Waals surface area contributed by atoms with Crippen molar-refractivity contribution in [2.45, 2.75) is 9.90 Å². The Balaban J connectivity index is 2.12. The first-order valence-corrected chi connectivity index (χ1v) is 7.43. The minimum absolute atomic E-state index is 0.169. The minimum Gasteiger partial charge on any atom is -0.457 e. The summed E-state index contributed by atoms with van der Waals surface area (Å²) >= 11 is 20.1. The van der Waals surface area contributed by atoms with Crippen molar-refractivity contribution in [1.29, 1.82) is 0 Å². The molecule has 1 aromatic carbocycles. The van der Waals surface area contributed by atoms with Gasteiger partial charge >= 0.3 is 0 Å². The number of aliphatic hydroxyl groups excluding tert-OH is 1. The van der Waals surface area contributed by atoms with Crippen LogP contribution >= 0.6 is 50.7 Å². The molecule has 2 aromatic rings. The molecule has 0 bridgehead atoms. The van der Waals surface area contributed by atoms with Gasteiger partial charge < -0.3 is 9.52 Å². The lowest BCUT2D eigenvalue weighted by atomic mass is 10.3. The fourth-order valence-electron chi connectivity index (χ4n) is 1.41. The number of alkyl halides is 3. The Hall–Kier alpha value is -0.520. The maximum Gasteiger partial charge on any atom is 0.223 e. The van der Waals surface area contributed by atoms with Gasteiger partial charge in [-0.05, 0) is 36.4 Å². The molecule has 20 heavy (non-hydrogen) atoms. The van der Waals surface area contributed by atoms with Gasteiger partial charge in [-0.1, -0.05) is 50.7 Å². The molecular weight excluding hydrogens is 388 g/mol. The molecule has 0 fully saturated rings. The molecular formula is C13H9BrCl3NO2. The Morgan fingerprint density at radius 2 is 1.80 bits per heavy atom. The normalized spacial score (nSPS) is 13.8. The van der Waals surface area contributed by atoms with Gasteiger partial charge in [0.15, 0.2) is 6.10 Å². The number of rotatable bonds is 3. The van der Waals surface area contributed by atoms with E-state index in [2.05, 4.69) is 20.9 Å². The third kappa shape index (κ3) is 4.24. The largest absolute Gasteiger partial charge is 0.457 e. The molecule has 0 saturated carbocycles. The summed E-state index contributed by atoms with van der Waals surface area (Å²) in [6.45, 7) is 0. The van der Waals surface area contributed by atoms with E-state index in [1.165, 1.54) is 12.3 Å². The van der Waals surface area contributed by atoms with E-state index in [1.54, 1.807) is 6.07 Å². The number of aliphatic hydroxyl groups is 1. The lowest BCUT2D eigenvalue weighted by Crippen LogP contribution is -2.15. The molecule has 0 spiro atoms. The quantitative estimate of drug-likeness (QED) is 0.572. The zero-order valence-corrected chi connectivity index (χ0v) is 13.8. The smallest absolute Gasteiger partial charge is 0.223 e. The molecule has 1 aromatic heterocycles. The van der Waals surface area contributed by atoms with E-state index >= 15 is 0 Å². The van der Waals surface area contributed by atoms with Crippen LogP contribution in [-0.4, -0.2) is 15.1 Å². The monoisotopic (exact) mass is 395 g/mol. The van der Waals surface area contributed by atoms with Crippen LogP contribution in [0.2, 0.25) is 0 Å². The molecule has 1 atom stereocenters. The van der Waals surface area contributed by atoms with Crippen molar-refractivity contribution in [3.05, 3.63) is 52.4 Å². The van der Waals surface area contributed by atoms with Gasteiger partial charge in [0.2, 0.25) is 3.79 Å². The molecule has 0 saturated heterocycles. The summed E-state index contributed by atoms with van der Waals surface area (Å²) in [5, 5.41) is 9.75. The molecule has 3 nitrogen and oxygen atoms in total. The fourth-order valence-corrected chi connectivity index (χ4v) is 2.00. The zero-order valence-electron chi connectivity index (χ0n) is 9.93. The highest BCUT2D eigenvalue weighted by atomic mass is 79.9. The van der Waals surface area contributed by atoms with Crippen LogP contribution in [-0.2, 0) is 0 Å². The van der Waals surface area contributed by atoms with Crippen molar-refractivity contribution in [2.24, 2.45) is 4.99 Å². The number of benzene rings is 1. The number of nitrogens with zero attached hydrogens (tertiary/aromatic N) is 1. The van der Waals surface area contributed by atoms with Crippen LogP contribution in [0.25, 0.3) is 0 Å². The van der Waals surface area contributed by atoms with Crippen molar-refractivity contribution in [1.82, 2.24) is 0 Å². The van der Waals surface area contributed by atoms with Crippen molar-refractivity contribution >= 4 is 62.6 Å². The molecule has 106 valence electrons.